The number of nitrogens with one attached hydrogen (secondary N) is 1. The molecule has 4 nitrogen and oxygen atoms in total. The number of hydrogen-bond acceptors (Lipinski definition) is 3. The quantitative estimate of drug-likeness (QED) is 0.429. The van der Waals surface area contributed by atoms with Gasteiger partial charge in [-0.15, -0.1) is 0 Å². The first-order valence-electron chi connectivity index (χ1n) is 9.57. The molecular formula is C25H21FN2O2. The summed E-state index contributed by atoms with van der Waals surface area (Å²) in [7, 11) is 0. The molecule has 0 aromatic heterocycles. The second-order valence-corrected chi connectivity index (χ2v) is 6.63. The first kappa shape index (κ1) is 20.8. The van der Waals surface area contributed by atoms with Crippen LogP contribution in [0.5, 0.6) is 5.75 Å². The molecule has 0 heterocycles. The SMILES string of the molecule is CCOc1ccc(NC(=O)/C(C#N)=C/c2ccc(Cc3cccc(F)c3)cc2)cc1. The van der Waals surface area contributed by atoms with E-state index in [9.17, 15) is 14.4 Å². The highest BCUT2D eigenvalue weighted by atomic mass is 19.1. The number of ether oxygens (including phenoxy) is 1. The number of halogens is 1. The van der Waals surface area contributed by atoms with Crippen LogP contribution in [0.25, 0.3) is 6.08 Å². The second-order valence-electron chi connectivity index (χ2n) is 6.63. The number of carbonyl (C=O) groups excluding carboxylic acids is 1. The van der Waals surface area contributed by atoms with Gasteiger partial charge in [-0.25, -0.2) is 4.39 Å². The van der Waals surface area contributed by atoms with Crippen LogP contribution >= 0.6 is 0 Å². The fourth-order valence-corrected chi connectivity index (χ4v) is 2.93. The molecule has 3 aromatic carbocycles. The number of anilines is 1. The van der Waals surface area contributed by atoms with Crippen LogP contribution in [-0.2, 0) is 11.2 Å². The summed E-state index contributed by atoms with van der Waals surface area (Å²) in [6, 6.07) is 22.8. The average Bonchev–Trinajstić information content (AvgIpc) is 2.75. The van der Waals surface area contributed by atoms with Gasteiger partial charge in [-0.3, -0.25) is 4.79 Å². The minimum atomic E-state index is -0.481. The van der Waals surface area contributed by atoms with Crippen molar-refractivity contribution in [3.05, 3.63) is 101 Å². The summed E-state index contributed by atoms with van der Waals surface area (Å²) in [5, 5.41) is 12.1. The summed E-state index contributed by atoms with van der Waals surface area (Å²) >= 11 is 0. The summed E-state index contributed by atoms with van der Waals surface area (Å²) in [4.78, 5) is 12.4. The van der Waals surface area contributed by atoms with Crippen molar-refractivity contribution in [3.63, 3.8) is 0 Å². The van der Waals surface area contributed by atoms with E-state index < -0.39 is 5.91 Å². The molecule has 150 valence electrons. The molecule has 3 aromatic rings. The van der Waals surface area contributed by atoms with E-state index in [2.05, 4.69) is 5.32 Å². The Bertz CT molecular complexity index is 1080. The lowest BCUT2D eigenvalue weighted by atomic mass is 10.0. The van der Waals surface area contributed by atoms with Gasteiger partial charge in [0.25, 0.3) is 5.91 Å². The van der Waals surface area contributed by atoms with Crippen molar-refractivity contribution in [2.24, 2.45) is 0 Å². The Morgan fingerprint density at radius 3 is 2.43 bits per heavy atom. The van der Waals surface area contributed by atoms with Crippen LogP contribution < -0.4 is 10.1 Å². The first-order valence-corrected chi connectivity index (χ1v) is 9.57. The lowest BCUT2D eigenvalue weighted by Gasteiger charge is -2.07. The Kier molecular flexibility index (Phi) is 6.96. The number of benzene rings is 3. The van der Waals surface area contributed by atoms with E-state index in [4.69, 9.17) is 4.74 Å². The lowest BCUT2D eigenvalue weighted by Crippen LogP contribution is -2.13. The van der Waals surface area contributed by atoms with Crippen LogP contribution in [0.15, 0.2) is 78.4 Å². The maximum absolute atomic E-state index is 13.3. The van der Waals surface area contributed by atoms with Gasteiger partial charge >= 0.3 is 0 Å². The van der Waals surface area contributed by atoms with E-state index >= 15 is 0 Å². The van der Waals surface area contributed by atoms with Gasteiger partial charge in [0, 0.05) is 5.69 Å². The molecule has 0 saturated carbocycles. The van der Waals surface area contributed by atoms with Crippen molar-refractivity contribution < 1.29 is 13.9 Å². The van der Waals surface area contributed by atoms with E-state index in [-0.39, 0.29) is 11.4 Å². The van der Waals surface area contributed by atoms with E-state index in [0.29, 0.717) is 24.5 Å². The number of amides is 1. The Morgan fingerprint density at radius 1 is 1.07 bits per heavy atom. The van der Waals surface area contributed by atoms with Crippen LogP contribution in [0.4, 0.5) is 10.1 Å². The maximum atomic E-state index is 13.3. The number of nitrogens with zero attached hydrogens (tertiary/aromatic N) is 1. The maximum Gasteiger partial charge on any atom is 0.266 e. The van der Waals surface area contributed by atoms with Crippen molar-refractivity contribution in [1.29, 1.82) is 5.26 Å². The molecule has 1 N–H and O–H groups in total. The van der Waals surface area contributed by atoms with Crippen LogP contribution in [0.2, 0.25) is 0 Å². The van der Waals surface area contributed by atoms with Gasteiger partial charge in [-0.05, 0) is 72.5 Å². The topological polar surface area (TPSA) is 62.1 Å². The highest BCUT2D eigenvalue weighted by Gasteiger charge is 2.10. The molecule has 0 fully saturated rings. The standard InChI is InChI=1S/C25H21FN2O2/c1-2-30-24-12-10-23(11-13-24)28-25(29)21(17-27)15-19-8-6-18(7-9-19)14-20-4-3-5-22(26)16-20/h3-13,15-16H,2,14H2,1H3,(H,28,29)/b21-15+. The fraction of sp³-hybridized carbons (Fsp3) is 0.120. The third-order valence-electron chi connectivity index (χ3n) is 4.38. The van der Waals surface area contributed by atoms with Crippen LogP contribution in [0.3, 0.4) is 0 Å². The molecule has 0 aliphatic heterocycles. The monoisotopic (exact) mass is 400 g/mol. The van der Waals surface area contributed by atoms with E-state index in [1.54, 1.807) is 30.3 Å². The average molecular weight is 400 g/mol. The molecule has 30 heavy (non-hydrogen) atoms. The number of carbonyl (C=O) groups is 1. The van der Waals surface area contributed by atoms with E-state index in [0.717, 1.165) is 16.7 Å². The zero-order valence-corrected chi connectivity index (χ0v) is 16.6. The molecule has 5 heteroatoms. The molecule has 0 aliphatic carbocycles. The first-order chi connectivity index (χ1) is 14.6. The third kappa shape index (κ3) is 5.79. The second kappa shape index (κ2) is 10.0. The van der Waals surface area contributed by atoms with E-state index in [1.807, 2.05) is 43.3 Å². The van der Waals surface area contributed by atoms with Crippen molar-refractivity contribution in [2.75, 3.05) is 11.9 Å². The molecule has 0 unspecified atom stereocenters. The number of hydrogen-bond donors (Lipinski definition) is 1. The summed E-state index contributed by atoms with van der Waals surface area (Å²) in [5.74, 6) is -0.0281. The van der Waals surface area contributed by atoms with Gasteiger partial charge in [0.05, 0.1) is 6.61 Å². The number of nitriles is 1. The number of rotatable bonds is 7. The predicted molar refractivity (Wildman–Crippen MR) is 115 cm³/mol. The molecule has 0 radical (unpaired) electrons. The van der Waals surface area contributed by atoms with Crippen LogP contribution in [0.1, 0.15) is 23.6 Å². The third-order valence-corrected chi connectivity index (χ3v) is 4.38. The molecule has 0 spiro atoms. The van der Waals surface area contributed by atoms with Crippen LogP contribution in [-0.4, -0.2) is 12.5 Å². The molecule has 0 saturated heterocycles. The van der Waals surface area contributed by atoms with Gasteiger partial charge in [0.2, 0.25) is 0 Å². The van der Waals surface area contributed by atoms with E-state index in [1.165, 1.54) is 18.2 Å². The highest BCUT2D eigenvalue weighted by Crippen LogP contribution is 2.18. The lowest BCUT2D eigenvalue weighted by molar-refractivity contribution is -0.112. The van der Waals surface area contributed by atoms with Crippen molar-refractivity contribution in [3.8, 4) is 11.8 Å². The Hall–Kier alpha value is -3.91. The molecule has 0 aliphatic rings. The molecule has 1 amide bonds. The molecule has 0 atom stereocenters. The summed E-state index contributed by atoms with van der Waals surface area (Å²) in [5.41, 5.74) is 3.20. The van der Waals surface area contributed by atoms with Gasteiger partial charge in [-0.1, -0.05) is 36.4 Å². The highest BCUT2D eigenvalue weighted by molar-refractivity contribution is 6.09. The molecular weight excluding hydrogens is 379 g/mol. The van der Waals surface area contributed by atoms with Gasteiger partial charge in [-0.2, -0.15) is 5.26 Å². The smallest absolute Gasteiger partial charge is 0.266 e. The summed E-state index contributed by atoms with van der Waals surface area (Å²) in [6.45, 7) is 2.46. The Balaban J connectivity index is 1.67. The largest absolute Gasteiger partial charge is 0.494 e. The molecule has 0 bridgehead atoms. The minimum absolute atomic E-state index is 0.00163. The fourth-order valence-electron chi connectivity index (χ4n) is 2.93. The predicted octanol–water partition coefficient (Wildman–Crippen LogP) is 5.36. The van der Waals surface area contributed by atoms with Crippen LogP contribution in [0, 0.1) is 17.1 Å². The summed E-state index contributed by atoms with van der Waals surface area (Å²) < 4.78 is 18.7. The van der Waals surface area contributed by atoms with Gasteiger partial charge in [0.15, 0.2) is 0 Å². The zero-order chi connectivity index (χ0) is 21.3. The van der Waals surface area contributed by atoms with Crippen molar-refractivity contribution in [2.45, 2.75) is 13.3 Å². The van der Waals surface area contributed by atoms with Crippen molar-refractivity contribution >= 4 is 17.7 Å². The van der Waals surface area contributed by atoms with Gasteiger partial charge < -0.3 is 10.1 Å². The van der Waals surface area contributed by atoms with Gasteiger partial charge in [0.1, 0.15) is 23.2 Å². The molecule has 3 rings (SSSR count). The summed E-state index contributed by atoms with van der Waals surface area (Å²) in [6.07, 6.45) is 2.14. The Labute approximate surface area is 175 Å². The normalized spacial score (nSPS) is 10.9. The Morgan fingerprint density at radius 2 is 1.80 bits per heavy atom. The van der Waals surface area contributed by atoms with Crippen molar-refractivity contribution in [1.82, 2.24) is 0 Å². The zero-order valence-electron chi connectivity index (χ0n) is 16.6. The minimum Gasteiger partial charge on any atom is -0.494 e.